The summed E-state index contributed by atoms with van der Waals surface area (Å²) in [7, 11) is 0. The van der Waals surface area contributed by atoms with Gasteiger partial charge in [-0.1, -0.05) is 0 Å². The van der Waals surface area contributed by atoms with Gasteiger partial charge in [0.25, 0.3) is 0 Å². The summed E-state index contributed by atoms with van der Waals surface area (Å²) in [6.45, 7) is 9.38. The van der Waals surface area contributed by atoms with Crippen molar-refractivity contribution in [2.24, 2.45) is 0 Å². The molecule has 1 amide bonds. The largest absolute Gasteiger partial charge is 0.444 e. The topological polar surface area (TPSA) is 70.4 Å². The standard InChI is InChI=1S/C13H22N4O2/c1-4-15-13(18)11-7-14-5-6-17(11)8-12-16-9(2)10(3)19-12/h11,14H,4-8H2,1-3H3,(H,15,18). The molecule has 1 aromatic heterocycles. The van der Waals surface area contributed by atoms with Crippen molar-refractivity contribution < 1.29 is 9.21 Å². The van der Waals surface area contributed by atoms with Crippen molar-refractivity contribution in [3.8, 4) is 0 Å². The van der Waals surface area contributed by atoms with E-state index in [9.17, 15) is 4.79 Å². The predicted molar refractivity (Wildman–Crippen MR) is 71.7 cm³/mol. The number of carbonyl (C=O) groups is 1. The van der Waals surface area contributed by atoms with Crippen LogP contribution in [0.1, 0.15) is 24.3 Å². The second-order valence-corrected chi connectivity index (χ2v) is 4.83. The number of rotatable bonds is 4. The minimum Gasteiger partial charge on any atom is -0.444 e. The second-order valence-electron chi connectivity index (χ2n) is 4.83. The summed E-state index contributed by atoms with van der Waals surface area (Å²) in [6, 6.07) is -0.152. The van der Waals surface area contributed by atoms with Gasteiger partial charge in [-0.05, 0) is 20.8 Å². The van der Waals surface area contributed by atoms with Crippen LogP contribution in [0.4, 0.5) is 0 Å². The van der Waals surface area contributed by atoms with Crippen molar-refractivity contribution >= 4 is 5.91 Å². The van der Waals surface area contributed by atoms with Crippen LogP contribution in [0.25, 0.3) is 0 Å². The maximum Gasteiger partial charge on any atom is 0.238 e. The number of carbonyl (C=O) groups excluding carboxylic acids is 1. The van der Waals surface area contributed by atoms with E-state index in [0.717, 1.165) is 24.5 Å². The van der Waals surface area contributed by atoms with Crippen LogP contribution in [0.2, 0.25) is 0 Å². The van der Waals surface area contributed by atoms with Gasteiger partial charge in [-0.3, -0.25) is 9.69 Å². The summed E-state index contributed by atoms with van der Waals surface area (Å²) in [6.07, 6.45) is 0. The Balaban J connectivity index is 2.05. The van der Waals surface area contributed by atoms with Crippen LogP contribution >= 0.6 is 0 Å². The van der Waals surface area contributed by atoms with Crippen molar-refractivity contribution in [1.29, 1.82) is 0 Å². The number of oxazole rings is 1. The summed E-state index contributed by atoms with van der Waals surface area (Å²) in [4.78, 5) is 18.5. The fourth-order valence-electron chi connectivity index (χ4n) is 2.27. The van der Waals surface area contributed by atoms with Gasteiger partial charge in [-0.15, -0.1) is 0 Å². The smallest absolute Gasteiger partial charge is 0.238 e. The van der Waals surface area contributed by atoms with Crippen molar-refractivity contribution in [2.75, 3.05) is 26.2 Å². The molecule has 1 unspecified atom stereocenters. The average molecular weight is 266 g/mol. The van der Waals surface area contributed by atoms with Crippen LogP contribution in [-0.2, 0) is 11.3 Å². The Bertz CT molecular complexity index is 424. The number of nitrogens with one attached hydrogen (secondary N) is 2. The average Bonchev–Trinajstić information content (AvgIpc) is 2.69. The number of likely N-dealkylation sites (N-methyl/N-ethyl adjacent to an activating group) is 1. The van der Waals surface area contributed by atoms with E-state index in [4.69, 9.17) is 4.42 Å². The lowest BCUT2D eigenvalue weighted by Gasteiger charge is -2.34. The molecule has 0 bridgehead atoms. The molecule has 1 aliphatic heterocycles. The molecule has 2 rings (SSSR count). The van der Waals surface area contributed by atoms with Gasteiger partial charge in [-0.25, -0.2) is 4.98 Å². The highest BCUT2D eigenvalue weighted by molar-refractivity contribution is 5.82. The first kappa shape index (κ1) is 14.0. The molecule has 106 valence electrons. The van der Waals surface area contributed by atoms with Gasteiger partial charge < -0.3 is 15.1 Å². The number of hydrogen-bond acceptors (Lipinski definition) is 5. The van der Waals surface area contributed by atoms with E-state index in [1.807, 2.05) is 20.8 Å². The van der Waals surface area contributed by atoms with E-state index >= 15 is 0 Å². The van der Waals surface area contributed by atoms with Crippen molar-refractivity contribution in [3.63, 3.8) is 0 Å². The molecule has 1 atom stereocenters. The third kappa shape index (κ3) is 3.33. The first-order valence-corrected chi connectivity index (χ1v) is 6.77. The predicted octanol–water partition coefficient (Wildman–Crippen LogP) is 0.201. The van der Waals surface area contributed by atoms with E-state index in [1.54, 1.807) is 0 Å². The molecular weight excluding hydrogens is 244 g/mol. The van der Waals surface area contributed by atoms with Crippen molar-refractivity contribution in [1.82, 2.24) is 20.5 Å². The summed E-state index contributed by atoms with van der Waals surface area (Å²) < 4.78 is 5.60. The van der Waals surface area contributed by atoms with Gasteiger partial charge in [0, 0.05) is 26.2 Å². The highest BCUT2D eigenvalue weighted by Gasteiger charge is 2.29. The maximum atomic E-state index is 12.0. The summed E-state index contributed by atoms with van der Waals surface area (Å²) in [5.74, 6) is 1.60. The molecule has 0 aliphatic carbocycles. The van der Waals surface area contributed by atoms with Crippen LogP contribution in [-0.4, -0.2) is 48.0 Å². The van der Waals surface area contributed by atoms with Crippen LogP contribution in [0.5, 0.6) is 0 Å². The maximum absolute atomic E-state index is 12.0. The minimum absolute atomic E-state index is 0.0645. The Morgan fingerprint density at radius 2 is 2.37 bits per heavy atom. The second kappa shape index (κ2) is 6.16. The van der Waals surface area contributed by atoms with Crippen LogP contribution < -0.4 is 10.6 Å². The molecule has 2 N–H and O–H groups in total. The lowest BCUT2D eigenvalue weighted by molar-refractivity contribution is -0.127. The Kier molecular flexibility index (Phi) is 4.55. The Morgan fingerprint density at radius 3 is 3.00 bits per heavy atom. The lowest BCUT2D eigenvalue weighted by atomic mass is 10.1. The molecule has 0 radical (unpaired) electrons. The summed E-state index contributed by atoms with van der Waals surface area (Å²) in [5.41, 5.74) is 0.916. The highest BCUT2D eigenvalue weighted by atomic mass is 16.4. The van der Waals surface area contributed by atoms with Gasteiger partial charge in [0.1, 0.15) is 11.8 Å². The first-order valence-electron chi connectivity index (χ1n) is 6.77. The number of aromatic nitrogens is 1. The Labute approximate surface area is 113 Å². The van der Waals surface area contributed by atoms with E-state index in [-0.39, 0.29) is 11.9 Å². The molecule has 0 aromatic carbocycles. The van der Waals surface area contributed by atoms with E-state index in [2.05, 4.69) is 20.5 Å². The van der Waals surface area contributed by atoms with Crippen LogP contribution in [0, 0.1) is 13.8 Å². The zero-order chi connectivity index (χ0) is 13.8. The zero-order valence-corrected chi connectivity index (χ0v) is 11.8. The molecule has 1 aromatic rings. The molecular formula is C13H22N4O2. The molecule has 1 aliphatic rings. The van der Waals surface area contributed by atoms with Crippen molar-refractivity contribution in [3.05, 3.63) is 17.3 Å². The number of aryl methyl sites for hydroxylation is 2. The highest BCUT2D eigenvalue weighted by Crippen LogP contribution is 2.13. The molecule has 6 heteroatoms. The van der Waals surface area contributed by atoms with E-state index < -0.39 is 0 Å². The monoisotopic (exact) mass is 266 g/mol. The Morgan fingerprint density at radius 1 is 1.58 bits per heavy atom. The third-order valence-electron chi connectivity index (χ3n) is 3.42. The fraction of sp³-hybridized carbons (Fsp3) is 0.692. The van der Waals surface area contributed by atoms with Gasteiger partial charge in [0.15, 0.2) is 0 Å². The first-order chi connectivity index (χ1) is 9.11. The van der Waals surface area contributed by atoms with Crippen LogP contribution in [0.3, 0.4) is 0 Å². The molecule has 1 fully saturated rings. The third-order valence-corrected chi connectivity index (χ3v) is 3.42. The number of nitrogens with zero attached hydrogens (tertiary/aromatic N) is 2. The molecule has 6 nitrogen and oxygen atoms in total. The van der Waals surface area contributed by atoms with Crippen molar-refractivity contribution in [2.45, 2.75) is 33.4 Å². The lowest BCUT2D eigenvalue weighted by Crippen LogP contribution is -2.57. The zero-order valence-electron chi connectivity index (χ0n) is 11.8. The summed E-state index contributed by atoms with van der Waals surface area (Å²) in [5, 5.41) is 6.13. The van der Waals surface area contributed by atoms with E-state index in [0.29, 0.717) is 25.5 Å². The van der Waals surface area contributed by atoms with E-state index in [1.165, 1.54) is 0 Å². The fourth-order valence-corrected chi connectivity index (χ4v) is 2.27. The number of hydrogen-bond donors (Lipinski definition) is 2. The molecule has 0 spiro atoms. The molecule has 0 saturated carbocycles. The van der Waals surface area contributed by atoms with Gasteiger partial charge in [0.2, 0.25) is 11.8 Å². The molecule has 19 heavy (non-hydrogen) atoms. The normalized spacial score (nSPS) is 20.5. The van der Waals surface area contributed by atoms with Gasteiger partial charge in [-0.2, -0.15) is 0 Å². The van der Waals surface area contributed by atoms with Gasteiger partial charge >= 0.3 is 0 Å². The minimum atomic E-state index is -0.152. The quantitative estimate of drug-likeness (QED) is 0.815. The number of amides is 1. The Hall–Kier alpha value is -1.40. The van der Waals surface area contributed by atoms with Crippen LogP contribution in [0.15, 0.2) is 4.42 Å². The summed E-state index contributed by atoms with van der Waals surface area (Å²) >= 11 is 0. The number of piperazine rings is 1. The van der Waals surface area contributed by atoms with Gasteiger partial charge in [0.05, 0.1) is 12.2 Å². The SMILES string of the molecule is CCNC(=O)C1CNCCN1Cc1nc(C)c(C)o1. The molecule has 2 heterocycles. The molecule has 1 saturated heterocycles.